The molecule has 1 aliphatic rings. The van der Waals surface area contributed by atoms with Crippen LogP contribution in [0.4, 0.5) is 0 Å². The van der Waals surface area contributed by atoms with Gasteiger partial charge in [0.15, 0.2) is 0 Å². The van der Waals surface area contributed by atoms with Gasteiger partial charge in [0.2, 0.25) is 5.91 Å². The van der Waals surface area contributed by atoms with Crippen molar-refractivity contribution in [3.63, 3.8) is 0 Å². The Bertz CT molecular complexity index is 284. The maximum Gasteiger partial charge on any atom is 0.229 e. The fourth-order valence-corrected chi connectivity index (χ4v) is 2.57. The average molecular weight is 285 g/mol. The zero-order chi connectivity index (χ0) is 15.0. The lowest BCUT2D eigenvalue weighted by Gasteiger charge is -2.27. The van der Waals surface area contributed by atoms with E-state index < -0.39 is 0 Å². The third-order valence-corrected chi connectivity index (χ3v) is 3.78. The molecule has 0 radical (unpaired) electrons. The van der Waals surface area contributed by atoms with Gasteiger partial charge in [0, 0.05) is 19.1 Å². The van der Waals surface area contributed by atoms with Gasteiger partial charge in [-0.1, -0.05) is 6.92 Å². The Hall–Kier alpha value is -0.650. The topological polar surface area (TPSA) is 44.8 Å². The van der Waals surface area contributed by atoms with Crippen LogP contribution in [0, 0.1) is 5.92 Å². The number of carbonyl (C=O) groups excluding carboxylic acids is 1. The molecule has 1 amide bonds. The van der Waals surface area contributed by atoms with Crippen LogP contribution in [0.15, 0.2) is 0 Å². The van der Waals surface area contributed by atoms with Crippen LogP contribution < -0.4 is 5.32 Å². The standard InChI is InChI=1S/C15H31N3O2/c1-5-8-16-14-12-20-11-13(14)15(19)18(6-2)10-7-9-17(3)4/h13-14,16H,5-12H2,1-4H3. The highest BCUT2D eigenvalue weighted by Gasteiger charge is 2.35. The summed E-state index contributed by atoms with van der Waals surface area (Å²) in [7, 11) is 4.13. The van der Waals surface area contributed by atoms with E-state index in [0.29, 0.717) is 13.2 Å². The van der Waals surface area contributed by atoms with E-state index in [-0.39, 0.29) is 17.9 Å². The summed E-state index contributed by atoms with van der Waals surface area (Å²) in [6, 6.07) is 0.186. The van der Waals surface area contributed by atoms with Crippen LogP contribution in [0.5, 0.6) is 0 Å². The van der Waals surface area contributed by atoms with Crippen molar-refractivity contribution in [3.8, 4) is 0 Å². The second-order valence-corrected chi connectivity index (χ2v) is 5.78. The maximum absolute atomic E-state index is 12.6. The van der Waals surface area contributed by atoms with Crippen molar-refractivity contribution in [2.45, 2.75) is 32.7 Å². The first-order valence-corrected chi connectivity index (χ1v) is 7.84. The van der Waals surface area contributed by atoms with Crippen LogP contribution in [0.2, 0.25) is 0 Å². The van der Waals surface area contributed by atoms with Gasteiger partial charge in [-0.05, 0) is 47.0 Å². The molecule has 0 aromatic heterocycles. The van der Waals surface area contributed by atoms with Crippen molar-refractivity contribution in [3.05, 3.63) is 0 Å². The van der Waals surface area contributed by atoms with Gasteiger partial charge in [-0.25, -0.2) is 0 Å². The molecule has 2 unspecified atom stereocenters. The number of hydrogen-bond acceptors (Lipinski definition) is 4. The number of carbonyl (C=O) groups is 1. The summed E-state index contributed by atoms with van der Waals surface area (Å²) >= 11 is 0. The second-order valence-electron chi connectivity index (χ2n) is 5.78. The molecule has 118 valence electrons. The number of rotatable bonds is 9. The molecule has 1 heterocycles. The van der Waals surface area contributed by atoms with Crippen LogP contribution in [0.25, 0.3) is 0 Å². The molecule has 5 nitrogen and oxygen atoms in total. The minimum atomic E-state index is -0.0131. The Morgan fingerprint density at radius 3 is 2.60 bits per heavy atom. The van der Waals surface area contributed by atoms with Crippen LogP contribution in [-0.2, 0) is 9.53 Å². The van der Waals surface area contributed by atoms with E-state index in [1.807, 2.05) is 4.90 Å². The highest BCUT2D eigenvalue weighted by atomic mass is 16.5. The summed E-state index contributed by atoms with van der Waals surface area (Å²) < 4.78 is 5.51. The maximum atomic E-state index is 12.6. The first-order valence-electron chi connectivity index (χ1n) is 7.84. The molecule has 1 aliphatic heterocycles. The third kappa shape index (κ3) is 5.38. The molecule has 1 rings (SSSR count). The Kier molecular flexibility index (Phi) is 8.11. The fraction of sp³-hybridized carbons (Fsp3) is 0.933. The van der Waals surface area contributed by atoms with Gasteiger partial charge in [0.05, 0.1) is 19.1 Å². The highest BCUT2D eigenvalue weighted by molar-refractivity contribution is 5.80. The summed E-state index contributed by atoms with van der Waals surface area (Å²) in [5, 5.41) is 3.43. The summed E-state index contributed by atoms with van der Waals surface area (Å²) in [4.78, 5) is 16.7. The van der Waals surface area contributed by atoms with Crippen molar-refractivity contribution in [2.24, 2.45) is 5.92 Å². The lowest BCUT2D eigenvalue weighted by Crippen LogP contribution is -2.46. The van der Waals surface area contributed by atoms with Gasteiger partial charge in [0.25, 0.3) is 0 Å². The van der Waals surface area contributed by atoms with E-state index in [0.717, 1.165) is 39.0 Å². The van der Waals surface area contributed by atoms with Crippen molar-refractivity contribution < 1.29 is 9.53 Å². The lowest BCUT2D eigenvalue weighted by atomic mass is 10.0. The first kappa shape index (κ1) is 17.4. The molecule has 0 aliphatic carbocycles. The molecule has 1 saturated heterocycles. The molecule has 1 fully saturated rings. The minimum Gasteiger partial charge on any atom is -0.379 e. The molecule has 0 aromatic carbocycles. The molecule has 2 atom stereocenters. The summed E-state index contributed by atoms with van der Waals surface area (Å²) in [6.45, 7) is 8.99. The molecular weight excluding hydrogens is 254 g/mol. The zero-order valence-corrected chi connectivity index (χ0v) is 13.5. The molecule has 1 N–H and O–H groups in total. The number of nitrogens with one attached hydrogen (secondary N) is 1. The van der Waals surface area contributed by atoms with Gasteiger partial charge in [-0.15, -0.1) is 0 Å². The minimum absolute atomic E-state index is 0.0131. The van der Waals surface area contributed by atoms with Crippen molar-refractivity contribution in [2.75, 3.05) is 53.5 Å². The second kappa shape index (κ2) is 9.32. The Morgan fingerprint density at radius 1 is 1.25 bits per heavy atom. The number of amides is 1. The van der Waals surface area contributed by atoms with E-state index in [1.54, 1.807) is 0 Å². The van der Waals surface area contributed by atoms with Crippen LogP contribution >= 0.6 is 0 Å². The Balaban J connectivity index is 2.47. The average Bonchev–Trinajstić information content (AvgIpc) is 2.88. The van der Waals surface area contributed by atoms with Gasteiger partial charge < -0.3 is 19.9 Å². The number of nitrogens with zero attached hydrogens (tertiary/aromatic N) is 2. The number of hydrogen-bond donors (Lipinski definition) is 1. The fourth-order valence-electron chi connectivity index (χ4n) is 2.57. The third-order valence-electron chi connectivity index (χ3n) is 3.78. The summed E-state index contributed by atoms with van der Waals surface area (Å²) in [5.74, 6) is 0.234. The quantitative estimate of drug-likeness (QED) is 0.681. The molecular formula is C15H31N3O2. The first-order chi connectivity index (χ1) is 9.60. The summed E-state index contributed by atoms with van der Waals surface area (Å²) in [5.41, 5.74) is 0. The van der Waals surface area contributed by atoms with Gasteiger partial charge >= 0.3 is 0 Å². The summed E-state index contributed by atoms with van der Waals surface area (Å²) in [6.07, 6.45) is 2.10. The van der Waals surface area contributed by atoms with Crippen LogP contribution in [0.1, 0.15) is 26.7 Å². The predicted octanol–water partition coefficient (Wildman–Crippen LogP) is 0.801. The smallest absolute Gasteiger partial charge is 0.229 e. The van der Waals surface area contributed by atoms with Gasteiger partial charge in [-0.3, -0.25) is 4.79 Å². The van der Waals surface area contributed by atoms with E-state index >= 15 is 0 Å². The lowest BCUT2D eigenvalue weighted by molar-refractivity contribution is -0.135. The van der Waals surface area contributed by atoms with Crippen LogP contribution in [0.3, 0.4) is 0 Å². The molecule has 0 spiro atoms. The molecule has 0 bridgehead atoms. The van der Waals surface area contributed by atoms with Gasteiger partial charge in [0.1, 0.15) is 0 Å². The monoisotopic (exact) mass is 285 g/mol. The van der Waals surface area contributed by atoms with Crippen molar-refractivity contribution >= 4 is 5.91 Å². The molecule has 20 heavy (non-hydrogen) atoms. The number of ether oxygens (including phenoxy) is 1. The zero-order valence-electron chi connectivity index (χ0n) is 13.5. The van der Waals surface area contributed by atoms with Crippen LogP contribution in [-0.4, -0.2) is 75.2 Å². The Labute approximate surface area is 123 Å². The predicted molar refractivity (Wildman–Crippen MR) is 81.8 cm³/mol. The van der Waals surface area contributed by atoms with Gasteiger partial charge in [-0.2, -0.15) is 0 Å². The Morgan fingerprint density at radius 2 is 2.00 bits per heavy atom. The van der Waals surface area contributed by atoms with Crippen molar-refractivity contribution in [1.29, 1.82) is 0 Å². The highest BCUT2D eigenvalue weighted by Crippen LogP contribution is 2.17. The largest absolute Gasteiger partial charge is 0.379 e. The van der Waals surface area contributed by atoms with E-state index in [9.17, 15) is 4.79 Å². The van der Waals surface area contributed by atoms with E-state index in [1.165, 1.54) is 0 Å². The van der Waals surface area contributed by atoms with E-state index in [4.69, 9.17) is 4.74 Å². The SMILES string of the molecule is CCCNC1COCC1C(=O)N(CC)CCCN(C)C. The van der Waals surface area contributed by atoms with Crippen molar-refractivity contribution in [1.82, 2.24) is 15.1 Å². The van der Waals surface area contributed by atoms with E-state index in [2.05, 4.69) is 38.2 Å². The normalized spacial score (nSPS) is 22.4. The molecule has 0 aromatic rings. The molecule has 0 saturated carbocycles. The molecule has 5 heteroatoms.